The van der Waals surface area contributed by atoms with Crippen LogP contribution in [0.25, 0.3) is 0 Å². The Bertz CT molecular complexity index is 361. The fourth-order valence-corrected chi connectivity index (χ4v) is 3.29. The molecule has 1 aliphatic carbocycles. The van der Waals surface area contributed by atoms with Crippen LogP contribution in [0.15, 0.2) is 18.3 Å². The summed E-state index contributed by atoms with van der Waals surface area (Å²) in [4.78, 5) is 7.06. The number of hydrogen-bond acceptors (Lipinski definition) is 2. The van der Waals surface area contributed by atoms with Gasteiger partial charge in [-0.1, -0.05) is 6.07 Å². The molecule has 2 atom stereocenters. The molecule has 2 aliphatic rings. The van der Waals surface area contributed by atoms with Gasteiger partial charge in [-0.3, -0.25) is 4.98 Å². The van der Waals surface area contributed by atoms with E-state index < -0.39 is 0 Å². The van der Waals surface area contributed by atoms with Gasteiger partial charge in [0.25, 0.3) is 0 Å². The largest absolute Gasteiger partial charge is 0.303 e. The molecule has 80 valence electrons. The molecule has 0 unspecified atom stereocenters. The fraction of sp³-hybridized carbons (Fsp3) is 0.615. The number of aromatic nitrogens is 1. The van der Waals surface area contributed by atoms with Gasteiger partial charge in [0.1, 0.15) is 0 Å². The van der Waals surface area contributed by atoms with E-state index in [0.717, 1.165) is 12.0 Å². The van der Waals surface area contributed by atoms with Gasteiger partial charge in [-0.05, 0) is 50.9 Å². The first kappa shape index (κ1) is 9.34. The molecule has 15 heavy (non-hydrogen) atoms. The highest BCUT2D eigenvalue weighted by Crippen LogP contribution is 2.38. The predicted molar refractivity (Wildman–Crippen MR) is 61.0 cm³/mol. The maximum Gasteiger partial charge on any atom is 0.0439 e. The molecule has 1 aromatic heterocycles. The number of nitrogens with zero attached hydrogens (tertiary/aromatic N) is 2. The third kappa shape index (κ3) is 1.48. The van der Waals surface area contributed by atoms with Gasteiger partial charge >= 0.3 is 0 Å². The summed E-state index contributed by atoms with van der Waals surface area (Å²) in [6.07, 6.45) is 7.10. The normalized spacial score (nSPS) is 30.7. The van der Waals surface area contributed by atoms with E-state index in [1.807, 2.05) is 6.20 Å². The monoisotopic (exact) mass is 202 g/mol. The lowest BCUT2D eigenvalue weighted by atomic mass is 9.76. The number of fused-ring (bicyclic) bond motifs is 3. The highest BCUT2D eigenvalue weighted by molar-refractivity contribution is 5.29. The zero-order valence-corrected chi connectivity index (χ0v) is 9.32. The van der Waals surface area contributed by atoms with Crippen LogP contribution >= 0.6 is 0 Å². The quantitative estimate of drug-likeness (QED) is 0.641. The van der Waals surface area contributed by atoms with Crippen LogP contribution in [0.5, 0.6) is 0 Å². The molecule has 1 fully saturated rings. The van der Waals surface area contributed by atoms with E-state index in [0.29, 0.717) is 0 Å². The maximum atomic E-state index is 4.52. The van der Waals surface area contributed by atoms with Gasteiger partial charge in [0.2, 0.25) is 0 Å². The maximum absolute atomic E-state index is 4.52. The fourth-order valence-electron chi connectivity index (χ4n) is 3.29. The lowest BCUT2D eigenvalue weighted by Crippen LogP contribution is -2.44. The van der Waals surface area contributed by atoms with Crippen molar-refractivity contribution in [3.8, 4) is 0 Å². The van der Waals surface area contributed by atoms with Crippen molar-refractivity contribution in [2.45, 2.75) is 37.6 Å². The minimum absolute atomic E-state index is 0.751. The second kappa shape index (κ2) is 3.60. The minimum Gasteiger partial charge on any atom is -0.303 e. The topological polar surface area (TPSA) is 16.1 Å². The number of aryl methyl sites for hydroxylation is 1. The van der Waals surface area contributed by atoms with Crippen LogP contribution in [-0.2, 0) is 6.42 Å². The first-order valence-electron chi connectivity index (χ1n) is 6.00. The zero-order chi connectivity index (χ0) is 10.3. The van der Waals surface area contributed by atoms with Crippen molar-refractivity contribution in [2.24, 2.45) is 0 Å². The van der Waals surface area contributed by atoms with Crippen LogP contribution in [0.1, 0.15) is 36.4 Å². The third-order valence-electron chi connectivity index (χ3n) is 4.06. The highest BCUT2D eigenvalue weighted by Gasteiger charge is 2.34. The lowest BCUT2D eigenvalue weighted by Gasteiger charge is -2.42. The van der Waals surface area contributed by atoms with E-state index in [1.54, 1.807) is 0 Å². The third-order valence-corrected chi connectivity index (χ3v) is 4.06. The van der Waals surface area contributed by atoms with E-state index in [1.165, 1.54) is 43.5 Å². The molecular weight excluding hydrogens is 184 g/mol. The summed E-state index contributed by atoms with van der Waals surface area (Å²) in [5, 5.41) is 0. The summed E-state index contributed by atoms with van der Waals surface area (Å²) in [7, 11) is 2.28. The molecule has 1 aliphatic heterocycles. The molecule has 0 bridgehead atoms. The van der Waals surface area contributed by atoms with Gasteiger partial charge < -0.3 is 4.90 Å². The molecule has 1 aromatic rings. The molecule has 3 rings (SSSR count). The van der Waals surface area contributed by atoms with Crippen molar-refractivity contribution < 1.29 is 0 Å². The summed E-state index contributed by atoms with van der Waals surface area (Å²) in [5.41, 5.74) is 2.88. The molecule has 0 saturated carbocycles. The summed E-state index contributed by atoms with van der Waals surface area (Å²) in [5.74, 6) is 0.751. The number of rotatable bonds is 0. The number of likely N-dealkylation sites (N-methyl/N-ethyl adjacent to an activating group) is 1. The second-order valence-electron chi connectivity index (χ2n) is 4.87. The Morgan fingerprint density at radius 3 is 3.27 bits per heavy atom. The zero-order valence-electron chi connectivity index (χ0n) is 9.32. The van der Waals surface area contributed by atoms with Crippen LogP contribution in [0, 0.1) is 0 Å². The van der Waals surface area contributed by atoms with E-state index in [9.17, 15) is 0 Å². The number of piperidine rings is 1. The van der Waals surface area contributed by atoms with E-state index in [4.69, 9.17) is 0 Å². The predicted octanol–water partition coefficient (Wildman–Crippen LogP) is 2.21. The standard InChI is InChI=1S/C13H18N2/c1-15-9-3-5-11-10-4-2-8-14-12(10)6-7-13(11)15/h2,4,8,11,13H,3,5-7,9H2,1H3/t11-,13+/m1/s1. The second-order valence-corrected chi connectivity index (χ2v) is 4.87. The van der Waals surface area contributed by atoms with E-state index >= 15 is 0 Å². The van der Waals surface area contributed by atoms with Crippen LogP contribution < -0.4 is 0 Å². The van der Waals surface area contributed by atoms with Crippen molar-refractivity contribution in [1.82, 2.24) is 9.88 Å². The molecule has 2 heterocycles. The Morgan fingerprint density at radius 1 is 1.40 bits per heavy atom. The smallest absolute Gasteiger partial charge is 0.0439 e. The number of pyridine rings is 1. The Kier molecular flexibility index (Phi) is 2.24. The summed E-state index contributed by atoms with van der Waals surface area (Å²) in [6.45, 7) is 1.27. The molecule has 2 heteroatoms. The Balaban J connectivity index is 1.99. The molecule has 0 aromatic carbocycles. The van der Waals surface area contributed by atoms with Crippen molar-refractivity contribution in [3.05, 3.63) is 29.6 Å². The first-order chi connectivity index (χ1) is 7.36. The van der Waals surface area contributed by atoms with Crippen LogP contribution in [-0.4, -0.2) is 29.5 Å². The number of hydrogen-bond donors (Lipinski definition) is 0. The highest BCUT2D eigenvalue weighted by atomic mass is 15.1. The van der Waals surface area contributed by atoms with E-state index in [-0.39, 0.29) is 0 Å². The van der Waals surface area contributed by atoms with Gasteiger partial charge in [0.15, 0.2) is 0 Å². The van der Waals surface area contributed by atoms with Crippen LogP contribution in [0.2, 0.25) is 0 Å². The lowest BCUT2D eigenvalue weighted by molar-refractivity contribution is 0.143. The molecule has 2 nitrogen and oxygen atoms in total. The van der Waals surface area contributed by atoms with Gasteiger partial charge in [0, 0.05) is 23.9 Å². The van der Waals surface area contributed by atoms with Gasteiger partial charge in [-0.25, -0.2) is 0 Å². The number of likely N-dealkylation sites (tertiary alicyclic amines) is 1. The van der Waals surface area contributed by atoms with Crippen molar-refractivity contribution in [3.63, 3.8) is 0 Å². The van der Waals surface area contributed by atoms with Crippen molar-refractivity contribution in [2.75, 3.05) is 13.6 Å². The van der Waals surface area contributed by atoms with Crippen LogP contribution in [0.3, 0.4) is 0 Å². The average molecular weight is 202 g/mol. The SMILES string of the molecule is CN1CCC[C@@H]2c3cccnc3CC[C@@H]21. The first-order valence-corrected chi connectivity index (χ1v) is 6.00. The molecule has 1 saturated heterocycles. The van der Waals surface area contributed by atoms with Crippen molar-refractivity contribution in [1.29, 1.82) is 0 Å². The van der Waals surface area contributed by atoms with Gasteiger partial charge in [-0.15, -0.1) is 0 Å². The molecule has 0 radical (unpaired) electrons. The Hall–Kier alpha value is -0.890. The van der Waals surface area contributed by atoms with Crippen molar-refractivity contribution >= 4 is 0 Å². The Labute approximate surface area is 91.3 Å². The molecule has 0 N–H and O–H groups in total. The van der Waals surface area contributed by atoms with Crippen LogP contribution in [0.4, 0.5) is 0 Å². The molecule has 0 spiro atoms. The molecular formula is C13H18N2. The molecule has 0 amide bonds. The Morgan fingerprint density at radius 2 is 2.33 bits per heavy atom. The summed E-state index contributed by atoms with van der Waals surface area (Å²) < 4.78 is 0. The van der Waals surface area contributed by atoms with Gasteiger partial charge in [-0.2, -0.15) is 0 Å². The van der Waals surface area contributed by atoms with E-state index in [2.05, 4.69) is 29.1 Å². The summed E-state index contributed by atoms with van der Waals surface area (Å²) in [6, 6.07) is 5.16. The minimum atomic E-state index is 0.751. The summed E-state index contributed by atoms with van der Waals surface area (Å²) >= 11 is 0. The average Bonchev–Trinajstić information content (AvgIpc) is 2.29. The van der Waals surface area contributed by atoms with Gasteiger partial charge in [0.05, 0.1) is 0 Å².